The van der Waals surface area contributed by atoms with Gasteiger partial charge in [-0.1, -0.05) is 31.9 Å². The van der Waals surface area contributed by atoms with Crippen molar-refractivity contribution in [3.8, 4) is 5.75 Å². The maximum Gasteiger partial charge on any atom is 0.411 e. The molecule has 0 amide bonds. The van der Waals surface area contributed by atoms with Gasteiger partial charge in [-0.05, 0) is 36.5 Å². The molecule has 0 radical (unpaired) electrons. The van der Waals surface area contributed by atoms with E-state index >= 15 is 0 Å². The van der Waals surface area contributed by atoms with Crippen molar-refractivity contribution in [3.05, 3.63) is 29.8 Å². The standard InChI is InChI=1S/C17H21F5O2/c1-12-2-6-14(7-3-12)17(21,22)24-15-8-4-13(5-9-15)10-23-11-16(18,19)20/h4-5,8-9,12,14H,2-3,6-7,10-11H2,1H3. The molecule has 24 heavy (non-hydrogen) atoms. The number of benzene rings is 1. The third kappa shape index (κ3) is 5.92. The first-order valence-corrected chi connectivity index (χ1v) is 7.96. The van der Waals surface area contributed by atoms with Gasteiger partial charge in [0.15, 0.2) is 0 Å². The molecule has 0 N–H and O–H groups in total. The van der Waals surface area contributed by atoms with Crippen molar-refractivity contribution >= 4 is 0 Å². The lowest BCUT2D eigenvalue weighted by Crippen LogP contribution is -2.36. The van der Waals surface area contributed by atoms with E-state index in [0.29, 0.717) is 24.3 Å². The van der Waals surface area contributed by atoms with Gasteiger partial charge >= 0.3 is 12.3 Å². The first kappa shape index (κ1) is 19.0. The Balaban J connectivity index is 1.86. The summed E-state index contributed by atoms with van der Waals surface area (Å²) in [5, 5.41) is 0. The third-order valence-electron chi connectivity index (χ3n) is 4.20. The second kappa shape index (κ2) is 7.68. The van der Waals surface area contributed by atoms with E-state index in [-0.39, 0.29) is 12.4 Å². The van der Waals surface area contributed by atoms with Gasteiger partial charge in [-0.25, -0.2) is 0 Å². The fourth-order valence-corrected chi connectivity index (χ4v) is 2.77. The average Bonchev–Trinajstić information content (AvgIpc) is 2.48. The molecule has 7 heteroatoms. The summed E-state index contributed by atoms with van der Waals surface area (Å²) in [7, 11) is 0. The van der Waals surface area contributed by atoms with Gasteiger partial charge in [0.05, 0.1) is 12.5 Å². The average molecular weight is 352 g/mol. The van der Waals surface area contributed by atoms with Gasteiger partial charge in [-0.3, -0.25) is 0 Å². The van der Waals surface area contributed by atoms with E-state index in [1.54, 1.807) is 0 Å². The van der Waals surface area contributed by atoms with Crippen LogP contribution < -0.4 is 4.74 Å². The molecule has 0 saturated heterocycles. The molecule has 1 aliphatic carbocycles. The molecule has 1 aliphatic rings. The van der Waals surface area contributed by atoms with Crippen LogP contribution in [0.15, 0.2) is 24.3 Å². The zero-order valence-corrected chi connectivity index (χ0v) is 13.4. The highest BCUT2D eigenvalue weighted by atomic mass is 19.4. The molecule has 0 atom stereocenters. The highest BCUT2D eigenvalue weighted by Crippen LogP contribution is 2.39. The first-order valence-electron chi connectivity index (χ1n) is 7.96. The molecule has 0 bridgehead atoms. The molecule has 136 valence electrons. The van der Waals surface area contributed by atoms with Crippen molar-refractivity contribution in [1.29, 1.82) is 0 Å². The van der Waals surface area contributed by atoms with Gasteiger partial charge in [0.2, 0.25) is 0 Å². The maximum atomic E-state index is 14.2. The second-order valence-corrected chi connectivity index (χ2v) is 6.37. The maximum absolute atomic E-state index is 14.2. The minimum absolute atomic E-state index is 0.00167. The van der Waals surface area contributed by atoms with Crippen molar-refractivity contribution < 1.29 is 31.4 Å². The summed E-state index contributed by atoms with van der Waals surface area (Å²) >= 11 is 0. The van der Waals surface area contributed by atoms with Gasteiger partial charge in [0.25, 0.3) is 0 Å². The van der Waals surface area contributed by atoms with Crippen LogP contribution in [0.5, 0.6) is 5.75 Å². The number of rotatable bonds is 6. The molecule has 2 rings (SSSR count). The molecule has 0 aliphatic heterocycles. The first-order chi connectivity index (χ1) is 11.2. The summed E-state index contributed by atoms with van der Waals surface area (Å²) < 4.78 is 73.7. The zero-order chi connectivity index (χ0) is 17.8. The Morgan fingerprint density at radius 1 is 0.958 bits per heavy atom. The Hall–Kier alpha value is -1.37. The van der Waals surface area contributed by atoms with Crippen LogP contribution in [0.4, 0.5) is 22.0 Å². The fourth-order valence-electron chi connectivity index (χ4n) is 2.77. The summed E-state index contributed by atoms with van der Waals surface area (Å²) in [5.74, 6) is -0.338. The van der Waals surface area contributed by atoms with E-state index in [4.69, 9.17) is 4.74 Å². The van der Waals surface area contributed by atoms with Crippen LogP contribution in [0, 0.1) is 11.8 Å². The van der Waals surface area contributed by atoms with E-state index in [0.717, 1.165) is 12.8 Å². The van der Waals surface area contributed by atoms with Crippen molar-refractivity contribution in [2.24, 2.45) is 11.8 Å². The Bertz CT molecular complexity index is 505. The van der Waals surface area contributed by atoms with Crippen LogP contribution in [0.2, 0.25) is 0 Å². The van der Waals surface area contributed by atoms with Gasteiger partial charge in [0.1, 0.15) is 12.4 Å². The lowest BCUT2D eigenvalue weighted by molar-refractivity contribution is -0.223. The van der Waals surface area contributed by atoms with Gasteiger partial charge in [0, 0.05) is 0 Å². The highest BCUT2D eigenvalue weighted by molar-refractivity contribution is 5.27. The Kier molecular flexibility index (Phi) is 6.06. The molecule has 0 heterocycles. The van der Waals surface area contributed by atoms with E-state index < -0.39 is 24.8 Å². The van der Waals surface area contributed by atoms with Crippen molar-refractivity contribution in [2.45, 2.75) is 51.5 Å². The summed E-state index contributed by atoms with van der Waals surface area (Å²) in [5.41, 5.74) is 0.460. The molecule has 0 aromatic heterocycles. The quantitative estimate of drug-likeness (QED) is 0.624. The topological polar surface area (TPSA) is 18.5 Å². The highest BCUT2D eigenvalue weighted by Gasteiger charge is 2.43. The minimum atomic E-state index is -4.39. The molecule has 1 fully saturated rings. The van der Waals surface area contributed by atoms with Crippen LogP contribution in [0.25, 0.3) is 0 Å². The zero-order valence-electron chi connectivity index (χ0n) is 13.4. The fraction of sp³-hybridized carbons (Fsp3) is 0.647. The lowest BCUT2D eigenvalue weighted by atomic mass is 9.82. The van der Waals surface area contributed by atoms with Gasteiger partial charge < -0.3 is 9.47 Å². The molecule has 1 aromatic rings. The monoisotopic (exact) mass is 352 g/mol. The number of ether oxygens (including phenoxy) is 2. The molecule has 1 saturated carbocycles. The van der Waals surface area contributed by atoms with Crippen LogP contribution in [0.1, 0.15) is 38.2 Å². The number of halogens is 5. The van der Waals surface area contributed by atoms with Crippen LogP contribution in [-0.4, -0.2) is 18.9 Å². The smallest absolute Gasteiger partial charge is 0.411 e. The van der Waals surface area contributed by atoms with Gasteiger partial charge in [-0.15, -0.1) is 0 Å². The largest absolute Gasteiger partial charge is 0.432 e. The predicted molar refractivity (Wildman–Crippen MR) is 78.9 cm³/mol. The molecule has 1 aromatic carbocycles. The molecule has 0 spiro atoms. The van der Waals surface area contributed by atoms with E-state index in [1.165, 1.54) is 24.3 Å². The summed E-state index contributed by atoms with van der Waals surface area (Å²) in [6, 6.07) is 5.49. The van der Waals surface area contributed by atoms with Crippen LogP contribution in [0.3, 0.4) is 0 Å². The molecule has 0 unspecified atom stereocenters. The third-order valence-corrected chi connectivity index (χ3v) is 4.20. The van der Waals surface area contributed by atoms with Crippen LogP contribution in [-0.2, 0) is 11.3 Å². The summed E-state index contributed by atoms with van der Waals surface area (Å²) in [6.07, 6.45) is -5.25. The van der Waals surface area contributed by atoms with Crippen molar-refractivity contribution in [1.82, 2.24) is 0 Å². The Morgan fingerprint density at radius 2 is 1.54 bits per heavy atom. The van der Waals surface area contributed by atoms with Crippen molar-refractivity contribution in [2.75, 3.05) is 6.61 Å². The van der Waals surface area contributed by atoms with E-state index in [9.17, 15) is 22.0 Å². The second-order valence-electron chi connectivity index (χ2n) is 6.37. The number of alkyl halides is 5. The van der Waals surface area contributed by atoms with E-state index in [1.807, 2.05) is 0 Å². The summed E-state index contributed by atoms with van der Waals surface area (Å²) in [6.45, 7) is 0.467. The SMILES string of the molecule is CC1CCC(C(F)(F)Oc2ccc(COCC(F)(F)F)cc2)CC1. The number of hydrogen-bond acceptors (Lipinski definition) is 2. The van der Waals surface area contributed by atoms with Gasteiger partial charge in [-0.2, -0.15) is 22.0 Å². The lowest BCUT2D eigenvalue weighted by Gasteiger charge is -2.32. The van der Waals surface area contributed by atoms with E-state index in [2.05, 4.69) is 11.7 Å². The minimum Gasteiger partial charge on any atom is -0.432 e. The molecule has 2 nitrogen and oxygen atoms in total. The normalized spacial score (nSPS) is 22.4. The van der Waals surface area contributed by atoms with Crippen LogP contribution >= 0.6 is 0 Å². The molecular weight excluding hydrogens is 331 g/mol. The number of hydrogen-bond donors (Lipinski definition) is 0. The summed E-state index contributed by atoms with van der Waals surface area (Å²) in [4.78, 5) is 0. The Morgan fingerprint density at radius 3 is 2.08 bits per heavy atom. The van der Waals surface area contributed by atoms with Crippen molar-refractivity contribution in [3.63, 3.8) is 0 Å². The predicted octanol–water partition coefficient (Wildman–Crippen LogP) is 5.56. The molecular formula is C17H21F5O2. The Labute approximate surface area is 137 Å².